The van der Waals surface area contributed by atoms with Crippen molar-refractivity contribution < 1.29 is 18.0 Å². The minimum Gasteiger partial charge on any atom is -0.489 e. The van der Waals surface area contributed by atoms with Crippen molar-refractivity contribution in [1.29, 1.82) is 0 Å². The van der Waals surface area contributed by atoms with Crippen molar-refractivity contribution in [3.63, 3.8) is 0 Å². The van der Waals surface area contributed by atoms with Gasteiger partial charge >= 0.3 is 0 Å². The normalized spacial score (nSPS) is 23.9. The van der Waals surface area contributed by atoms with Crippen LogP contribution in [-0.4, -0.2) is 61.3 Å². The van der Waals surface area contributed by atoms with Gasteiger partial charge in [0.15, 0.2) is 0 Å². The van der Waals surface area contributed by atoms with E-state index in [0.29, 0.717) is 19.7 Å². The van der Waals surface area contributed by atoms with Crippen molar-refractivity contribution in [1.82, 2.24) is 9.37 Å². The molecule has 156 valence electrons. The molecule has 6 nitrogen and oxygen atoms in total. The molecule has 0 amide bonds. The van der Waals surface area contributed by atoms with E-state index in [1.807, 2.05) is 54.6 Å². The molecule has 0 aromatic heterocycles. The van der Waals surface area contributed by atoms with Crippen molar-refractivity contribution in [3.8, 4) is 5.75 Å². The molecule has 2 aromatic carbocycles. The van der Waals surface area contributed by atoms with E-state index in [-0.39, 0.29) is 12.6 Å². The van der Waals surface area contributed by atoms with Crippen molar-refractivity contribution in [2.75, 3.05) is 38.2 Å². The van der Waals surface area contributed by atoms with Gasteiger partial charge in [0.1, 0.15) is 17.6 Å². The summed E-state index contributed by atoms with van der Waals surface area (Å²) in [5.74, 6) is 2.41. The second-order valence-corrected chi connectivity index (χ2v) is 10.6. The summed E-state index contributed by atoms with van der Waals surface area (Å²) in [4.78, 5) is 5.66. The fourth-order valence-electron chi connectivity index (χ4n) is 3.79. The van der Waals surface area contributed by atoms with Gasteiger partial charge in [0.05, 0.1) is 12.6 Å². The fourth-order valence-corrected chi connectivity index (χ4v) is 6.89. The number of thioether (sulfide) groups is 1. The number of nitrogens with zero attached hydrogens (tertiary/aromatic N) is 2. The number of hydrogen-bond donors (Lipinski definition) is 0. The highest BCUT2D eigenvalue weighted by Crippen LogP contribution is 2.36. The smallest absolute Gasteiger partial charge is 0.221 e. The van der Waals surface area contributed by atoms with Gasteiger partial charge in [-0.05, 0) is 23.3 Å². The molecule has 2 aromatic rings. The first-order valence-electron chi connectivity index (χ1n) is 9.75. The molecule has 0 bridgehead atoms. The van der Waals surface area contributed by atoms with E-state index in [9.17, 15) is 8.42 Å². The van der Waals surface area contributed by atoms with E-state index >= 15 is 0 Å². The van der Waals surface area contributed by atoms with E-state index < -0.39 is 15.3 Å². The molecular weight excluding hydrogens is 408 g/mol. The Morgan fingerprint density at radius 3 is 2.62 bits per heavy atom. The highest BCUT2D eigenvalue weighted by atomic mass is 32.2. The molecule has 8 heteroatoms. The minimum atomic E-state index is -3.45. The van der Waals surface area contributed by atoms with Crippen LogP contribution < -0.4 is 4.74 Å². The van der Waals surface area contributed by atoms with Crippen LogP contribution in [0.1, 0.15) is 17.2 Å². The number of ether oxygens (including phenoxy) is 1. The number of hydrogen-bond acceptors (Lipinski definition) is 6. The number of hydroxylamine groups is 2. The van der Waals surface area contributed by atoms with Gasteiger partial charge in [0.2, 0.25) is 10.0 Å². The molecule has 29 heavy (non-hydrogen) atoms. The lowest BCUT2D eigenvalue weighted by Crippen LogP contribution is -2.45. The van der Waals surface area contributed by atoms with Crippen LogP contribution in [0.2, 0.25) is 0 Å². The molecule has 2 fully saturated rings. The third-order valence-corrected chi connectivity index (χ3v) is 8.53. The predicted octanol–water partition coefficient (Wildman–Crippen LogP) is 2.93. The average Bonchev–Trinajstić information content (AvgIpc) is 3.16. The molecule has 2 saturated heterocycles. The number of rotatable bonds is 6. The Balaban J connectivity index is 1.54. The number of benzene rings is 2. The number of sulfonamides is 1. The molecule has 0 N–H and O–H groups in total. The van der Waals surface area contributed by atoms with Crippen LogP contribution in [0, 0.1) is 0 Å². The maximum absolute atomic E-state index is 13.3. The second kappa shape index (κ2) is 9.06. The lowest BCUT2D eigenvalue weighted by Gasteiger charge is -2.31. The lowest BCUT2D eigenvalue weighted by atomic mass is 10.0. The van der Waals surface area contributed by atoms with Crippen LogP contribution in [0.3, 0.4) is 0 Å². The first kappa shape index (κ1) is 20.7. The van der Waals surface area contributed by atoms with Gasteiger partial charge in [-0.25, -0.2) is 8.42 Å². The van der Waals surface area contributed by atoms with E-state index in [2.05, 4.69) is 0 Å². The third-order valence-electron chi connectivity index (χ3n) is 5.35. The van der Waals surface area contributed by atoms with Gasteiger partial charge in [-0.2, -0.15) is 21.1 Å². The van der Waals surface area contributed by atoms with Crippen LogP contribution in [0.25, 0.3) is 0 Å². The summed E-state index contributed by atoms with van der Waals surface area (Å²) >= 11 is 1.80. The van der Waals surface area contributed by atoms with Crippen LogP contribution in [0.4, 0.5) is 0 Å². The van der Waals surface area contributed by atoms with Crippen molar-refractivity contribution in [2.45, 2.75) is 17.9 Å². The summed E-state index contributed by atoms with van der Waals surface area (Å²) in [6, 6.07) is 17.3. The Morgan fingerprint density at radius 2 is 1.86 bits per heavy atom. The topological polar surface area (TPSA) is 59.1 Å². The van der Waals surface area contributed by atoms with Crippen LogP contribution >= 0.6 is 11.8 Å². The van der Waals surface area contributed by atoms with Crippen LogP contribution in [0.5, 0.6) is 5.75 Å². The Labute approximate surface area is 176 Å². The summed E-state index contributed by atoms with van der Waals surface area (Å²) in [6.07, 6.45) is 0. The van der Waals surface area contributed by atoms with Crippen molar-refractivity contribution >= 4 is 21.8 Å². The highest BCUT2D eigenvalue weighted by Gasteiger charge is 2.46. The van der Waals surface area contributed by atoms with Gasteiger partial charge in [-0.1, -0.05) is 42.5 Å². The first-order valence-corrected chi connectivity index (χ1v) is 12.4. The summed E-state index contributed by atoms with van der Waals surface area (Å²) in [5.41, 5.74) is 1.97. The molecule has 0 aliphatic carbocycles. The molecule has 2 unspecified atom stereocenters. The van der Waals surface area contributed by atoms with E-state index in [1.54, 1.807) is 28.2 Å². The van der Waals surface area contributed by atoms with Gasteiger partial charge in [-0.3, -0.25) is 4.84 Å². The lowest BCUT2D eigenvalue weighted by molar-refractivity contribution is -0.110. The molecule has 2 heterocycles. The summed E-state index contributed by atoms with van der Waals surface area (Å²) in [7, 11) is -1.65. The van der Waals surface area contributed by atoms with Crippen molar-refractivity contribution in [2.24, 2.45) is 0 Å². The molecular formula is C21H26N2O4S2. The van der Waals surface area contributed by atoms with Gasteiger partial charge in [0.25, 0.3) is 0 Å². The Kier molecular flexibility index (Phi) is 6.46. The zero-order valence-corrected chi connectivity index (χ0v) is 18.1. The maximum atomic E-state index is 13.3. The molecule has 4 rings (SSSR count). The van der Waals surface area contributed by atoms with Crippen LogP contribution in [-0.2, 0) is 21.5 Å². The first-order chi connectivity index (χ1) is 14.1. The van der Waals surface area contributed by atoms with Gasteiger partial charge in [-0.15, -0.1) is 0 Å². The molecule has 2 aliphatic rings. The Bertz CT molecular complexity index is 917. The van der Waals surface area contributed by atoms with Crippen molar-refractivity contribution in [3.05, 3.63) is 65.7 Å². The van der Waals surface area contributed by atoms with E-state index in [1.165, 1.54) is 0 Å². The predicted molar refractivity (Wildman–Crippen MR) is 115 cm³/mol. The monoisotopic (exact) mass is 434 g/mol. The largest absolute Gasteiger partial charge is 0.489 e. The maximum Gasteiger partial charge on any atom is 0.221 e. The Morgan fingerprint density at radius 1 is 1.10 bits per heavy atom. The molecule has 2 atom stereocenters. The average molecular weight is 435 g/mol. The van der Waals surface area contributed by atoms with Gasteiger partial charge < -0.3 is 4.74 Å². The zero-order chi connectivity index (χ0) is 20.3. The minimum absolute atomic E-state index is 0.169. The molecule has 0 radical (unpaired) electrons. The quantitative estimate of drug-likeness (QED) is 0.697. The third kappa shape index (κ3) is 4.62. The van der Waals surface area contributed by atoms with Gasteiger partial charge in [0, 0.05) is 31.6 Å². The molecule has 2 aliphatic heterocycles. The SMILES string of the molecule is CN1OCC(S(=O)(=O)N2CCSCC2)C1c1cccc(OCc2ccccc2)c1. The zero-order valence-electron chi connectivity index (χ0n) is 16.4. The summed E-state index contributed by atoms with van der Waals surface area (Å²) in [5, 5.41) is 1.04. The molecule has 0 spiro atoms. The Hall–Kier alpha value is -1.58. The standard InChI is InChI=1S/C21H26N2O4S2/c1-22-21(20(16-27-22)29(24,25)23-10-12-28-13-11-23)18-8-5-9-19(14-18)26-15-17-6-3-2-4-7-17/h2-9,14,20-21H,10-13,15-16H2,1H3. The summed E-state index contributed by atoms with van der Waals surface area (Å²) < 4.78 is 34.2. The van der Waals surface area contributed by atoms with Crippen LogP contribution in [0.15, 0.2) is 54.6 Å². The second-order valence-electron chi connectivity index (χ2n) is 7.23. The highest BCUT2D eigenvalue weighted by molar-refractivity contribution is 7.99. The van der Waals surface area contributed by atoms with E-state index in [4.69, 9.17) is 9.57 Å². The molecule has 0 saturated carbocycles. The fraction of sp³-hybridized carbons (Fsp3) is 0.429. The van der Waals surface area contributed by atoms with E-state index in [0.717, 1.165) is 28.4 Å². The summed E-state index contributed by atoms with van der Waals surface area (Å²) in [6.45, 7) is 1.77.